The lowest BCUT2D eigenvalue weighted by Crippen LogP contribution is -2.34. The van der Waals surface area contributed by atoms with Gasteiger partial charge in [0.2, 0.25) is 0 Å². The molecule has 0 bridgehead atoms. The third-order valence-electron chi connectivity index (χ3n) is 5.02. The van der Waals surface area contributed by atoms with Gasteiger partial charge in [0.15, 0.2) is 0 Å². The lowest BCUT2D eigenvalue weighted by atomic mass is 10.2. The number of pyridine rings is 1. The molecule has 154 valence electrons. The topological polar surface area (TPSA) is 63.7 Å². The summed E-state index contributed by atoms with van der Waals surface area (Å²) in [7, 11) is 1.61. The number of hydrogen-bond donors (Lipinski definition) is 1. The molecule has 0 saturated heterocycles. The fourth-order valence-corrected chi connectivity index (χ4v) is 3.39. The number of amides is 1. The molecule has 4 rings (SSSR count). The second-order valence-corrected chi connectivity index (χ2v) is 7.37. The quantitative estimate of drug-likeness (QED) is 0.840. The predicted octanol–water partition coefficient (Wildman–Crippen LogP) is 3.52. The zero-order chi connectivity index (χ0) is 20.6. The van der Waals surface area contributed by atoms with E-state index in [1.54, 1.807) is 18.5 Å². The third kappa shape index (κ3) is 4.45. The van der Waals surface area contributed by atoms with E-state index in [2.05, 4.69) is 9.88 Å². The van der Waals surface area contributed by atoms with Crippen molar-refractivity contribution in [2.45, 2.75) is 37.7 Å². The summed E-state index contributed by atoms with van der Waals surface area (Å²) in [6, 6.07) is 10.6. The number of aromatic nitrogens is 1. The number of benzene rings is 1. The standard InChI is InChI=1S/C20H20F3N3O3/c1-28-14-4-2-13(3-5-14)10-26-11-15-16(29-19(12-26)8-9-19)6-7-17(24-15)25-18(27)20(21,22)23/h2-7H,8-12H2,1H3,(H,24,25,27). The van der Waals surface area contributed by atoms with Gasteiger partial charge in [-0.1, -0.05) is 12.1 Å². The summed E-state index contributed by atoms with van der Waals surface area (Å²) in [4.78, 5) is 17.6. The Morgan fingerprint density at radius 3 is 2.59 bits per heavy atom. The van der Waals surface area contributed by atoms with Crippen molar-refractivity contribution in [3.05, 3.63) is 47.7 Å². The Morgan fingerprint density at radius 1 is 1.24 bits per heavy atom. The molecule has 2 aromatic rings. The highest BCUT2D eigenvalue weighted by molar-refractivity contribution is 5.94. The number of methoxy groups -OCH3 is 1. The van der Waals surface area contributed by atoms with Crippen LogP contribution in [0.25, 0.3) is 0 Å². The number of alkyl halides is 3. The van der Waals surface area contributed by atoms with E-state index < -0.39 is 12.1 Å². The molecule has 9 heteroatoms. The molecule has 6 nitrogen and oxygen atoms in total. The molecular formula is C20H20F3N3O3. The molecule has 0 radical (unpaired) electrons. The SMILES string of the molecule is COc1ccc(CN2Cc3nc(NC(=O)C(F)(F)F)ccc3OC3(CC3)C2)cc1. The molecule has 1 fully saturated rings. The molecule has 0 atom stereocenters. The van der Waals surface area contributed by atoms with Gasteiger partial charge in [-0.05, 0) is 42.7 Å². The molecule has 1 N–H and O–H groups in total. The number of anilines is 1. The molecule has 1 saturated carbocycles. The molecule has 1 aliphatic heterocycles. The van der Waals surface area contributed by atoms with E-state index in [1.165, 1.54) is 6.07 Å². The van der Waals surface area contributed by atoms with E-state index >= 15 is 0 Å². The second-order valence-electron chi connectivity index (χ2n) is 7.37. The van der Waals surface area contributed by atoms with Gasteiger partial charge in [0, 0.05) is 19.6 Å². The maximum atomic E-state index is 12.5. The van der Waals surface area contributed by atoms with Gasteiger partial charge in [-0.25, -0.2) is 4.98 Å². The first-order valence-corrected chi connectivity index (χ1v) is 9.19. The highest BCUT2D eigenvalue weighted by Gasteiger charge is 2.48. The summed E-state index contributed by atoms with van der Waals surface area (Å²) < 4.78 is 48.9. The van der Waals surface area contributed by atoms with Crippen LogP contribution in [0.5, 0.6) is 11.5 Å². The molecule has 1 aliphatic carbocycles. The minimum Gasteiger partial charge on any atom is -0.497 e. The average Bonchev–Trinajstić information content (AvgIpc) is 3.44. The Kier molecular flexibility index (Phi) is 4.85. The number of rotatable bonds is 4. The minimum atomic E-state index is -4.97. The fourth-order valence-electron chi connectivity index (χ4n) is 3.39. The molecular weight excluding hydrogens is 387 g/mol. The Labute approximate surface area is 165 Å². The highest BCUT2D eigenvalue weighted by Crippen LogP contribution is 2.44. The zero-order valence-corrected chi connectivity index (χ0v) is 15.8. The van der Waals surface area contributed by atoms with Gasteiger partial charge in [-0.2, -0.15) is 13.2 Å². The molecule has 2 heterocycles. The summed E-state index contributed by atoms with van der Waals surface area (Å²) in [5, 5.41) is 1.80. The fraction of sp³-hybridized carbons (Fsp3) is 0.400. The van der Waals surface area contributed by atoms with Gasteiger partial charge in [0.25, 0.3) is 0 Å². The Bertz CT molecular complexity index is 911. The number of carbonyl (C=O) groups is 1. The lowest BCUT2D eigenvalue weighted by molar-refractivity contribution is -0.167. The van der Waals surface area contributed by atoms with Crippen LogP contribution in [-0.4, -0.2) is 41.2 Å². The Balaban J connectivity index is 1.55. The van der Waals surface area contributed by atoms with E-state index in [0.717, 1.165) is 24.2 Å². The number of halogens is 3. The van der Waals surface area contributed by atoms with Crippen LogP contribution in [-0.2, 0) is 17.9 Å². The van der Waals surface area contributed by atoms with Gasteiger partial charge in [0.1, 0.15) is 22.9 Å². The van der Waals surface area contributed by atoms with Crippen LogP contribution in [0.15, 0.2) is 36.4 Å². The van der Waals surface area contributed by atoms with Crippen LogP contribution in [0.3, 0.4) is 0 Å². The molecule has 29 heavy (non-hydrogen) atoms. The van der Waals surface area contributed by atoms with Crippen LogP contribution in [0.2, 0.25) is 0 Å². The van der Waals surface area contributed by atoms with Crippen LogP contribution in [0, 0.1) is 0 Å². The summed E-state index contributed by atoms with van der Waals surface area (Å²) in [5.41, 5.74) is 1.30. The molecule has 1 aromatic heterocycles. The minimum absolute atomic E-state index is 0.147. The van der Waals surface area contributed by atoms with Crippen LogP contribution < -0.4 is 14.8 Å². The lowest BCUT2D eigenvalue weighted by Gasteiger charge is -2.23. The van der Waals surface area contributed by atoms with Gasteiger partial charge >= 0.3 is 12.1 Å². The van der Waals surface area contributed by atoms with E-state index in [4.69, 9.17) is 9.47 Å². The smallest absolute Gasteiger partial charge is 0.471 e. The monoisotopic (exact) mass is 407 g/mol. The summed E-state index contributed by atoms with van der Waals surface area (Å²) in [6.45, 7) is 1.73. The van der Waals surface area contributed by atoms with Gasteiger partial charge in [-0.15, -0.1) is 0 Å². The Morgan fingerprint density at radius 2 is 1.97 bits per heavy atom. The third-order valence-corrected chi connectivity index (χ3v) is 5.02. The number of nitrogens with zero attached hydrogens (tertiary/aromatic N) is 2. The number of fused-ring (bicyclic) bond motifs is 1. The first-order valence-electron chi connectivity index (χ1n) is 9.19. The molecule has 2 aliphatic rings. The molecule has 1 aromatic carbocycles. The number of hydrogen-bond acceptors (Lipinski definition) is 5. The first kappa shape index (κ1) is 19.5. The number of ether oxygens (including phenoxy) is 2. The van der Waals surface area contributed by atoms with Gasteiger partial charge in [-0.3, -0.25) is 9.69 Å². The zero-order valence-electron chi connectivity index (χ0n) is 15.8. The summed E-state index contributed by atoms with van der Waals surface area (Å²) in [6.07, 6.45) is -3.14. The number of nitrogens with one attached hydrogen (secondary N) is 1. The van der Waals surface area contributed by atoms with E-state index in [9.17, 15) is 18.0 Å². The summed E-state index contributed by atoms with van der Waals surface area (Å²) >= 11 is 0. The first-order chi connectivity index (χ1) is 13.8. The summed E-state index contributed by atoms with van der Waals surface area (Å²) in [5.74, 6) is -0.882. The van der Waals surface area contributed by atoms with Gasteiger partial charge < -0.3 is 14.8 Å². The van der Waals surface area contributed by atoms with E-state index in [-0.39, 0.29) is 11.4 Å². The van der Waals surface area contributed by atoms with Crippen molar-refractivity contribution >= 4 is 11.7 Å². The van der Waals surface area contributed by atoms with E-state index in [0.29, 0.717) is 31.1 Å². The van der Waals surface area contributed by atoms with Crippen molar-refractivity contribution in [3.8, 4) is 11.5 Å². The highest BCUT2D eigenvalue weighted by atomic mass is 19.4. The van der Waals surface area contributed by atoms with Crippen LogP contribution >= 0.6 is 0 Å². The molecule has 1 amide bonds. The van der Waals surface area contributed by atoms with E-state index in [1.807, 2.05) is 24.3 Å². The molecule has 0 unspecified atom stereocenters. The second kappa shape index (κ2) is 7.22. The molecule has 1 spiro atoms. The van der Waals surface area contributed by atoms with Crippen molar-refractivity contribution in [2.75, 3.05) is 19.0 Å². The number of carbonyl (C=O) groups excluding carboxylic acids is 1. The average molecular weight is 407 g/mol. The van der Waals surface area contributed by atoms with Crippen molar-refractivity contribution in [1.29, 1.82) is 0 Å². The largest absolute Gasteiger partial charge is 0.497 e. The van der Waals surface area contributed by atoms with Crippen LogP contribution in [0.1, 0.15) is 24.1 Å². The maximum Gasteiger partial charge on any atom is 0.471 e. The maximum absolute atomic E-state index is 12.5. The van der Waals surface area contributed by atoms with Crippen molar-refractivity contribution in [2.24, 2.45) is 0 Å². The van der Waals surface area contributed by atoms with Crippen LogP contribution in [0.4, 0.5) is 19.0 Å². The van der Waals surface area contributed by atoms with Crippen molar-refractivity contribution in [3.63, 3.8) is 0 Å². The Hall–Kier alpha value is -2.81. The van der Waals surface area contributed by atoms with Crippen molar-refractivity contribution < 1.29 is 27.4 Å². The predicted molar refractivity (Wildman–Crippen MR) is 98.6 cm³/mol. The van der Waals surface area contributed by atoms with Crippen molar-refractivity contribution in [1.82, 2.24) is 9.88 Å². The van der Waals surface area contributed by atoms with Gasteiger partial charge in [0.05, 0.1) is 12.8 Å². The normalized spacial score (nSPS) is 17.8.